The van der Waals surface area contributed by atoms with Crippen LogP contribution in [-0.2, 0) is 17.9 Å². The molecule has 0 heterocycles. The van der Waals surface area contributed by atoms with Gasteiger partial charge in [-0.2, -0.15) is 0 Å². The summed E-state index contributed by atoms with van der Waals surface area (Å²) in [7, 11) is 3.42. The predicted octanol–water partition coefficient (Wildman–Crippen LogP) is 3.85. The van der Waals surface area contributed by atoms with Crippen LogP contribution in [0.5, 0.6) is 5.75 Å². The molecule has 29 heavy (non-hydrogen) atoms. The Bertz CT molecular complexity index is 849. The van der Waals surface area contributed by atoms with Crippen LogP contribution in [0, 0.1) is 12.8 Å². The molecule has 0 saturated heterocycles. The van der Waals surface area contributed by atoms with Crippen molar-refractivity contribution in [2.45, 2.75) is 40.3 Å². The number of rotatable bonds is 8. The molecule has 0 spiro atoms. The molecule has 0 radical (unpaired) electrons. The molecule has 0 aliphatic carbocycles. The number of hydrogen-bond donors (Lipinski definition) is 3. The number of carbonyl (C=O) groups excluding carboxylic acids is 1. The quantitative estimate of drug-likeness (QED) is 0.468. The Morgan fingerprint density at radius 2 is 1.90 bits per heavy atom. The molecule has 156 valence electrons. The first-order chi connectivity index (χ1) is 14.0. The van der Waals surface area contributed by atoms with Crippen LogP contribution in [0.2, 0.25) is 0 Å². The lowest BCUT2D eigenvalue weighted by atomic mass is 10.1. The number of ether oxygens (including phenoxy) is 1. The van der Waals surface area contributed by atoms with Gasteiger partial charge in [-0.05, 0) is 42.7 Å². The van der Waals surface area contributed by atoms with E-state index >= 15 is 0 Å². The minimum Gasteiger partial charge on any atom is -0.496 e. The summed E-state index contributed by atoms with van der Waals surface area (Å²) in [6.45, 7) is 7.18. The van der Waals surface area contributed by atoms with Gasteiger partial charge in [0.1, 0.15) is 5.75 Å². The highest BCUT2D eigenvalue weighted by Gasteiger charge is 2.10. The van der Waals surface area contributed by atoms with E-state index in [1.165, 1.54) is 0 Å². The maximum Gasteiger partial charge on any atom is 0.227 e. The fraction of sp³-hybridized carbons (Fsp3) is 0.391. The molecule has 2 aromatic rings. The Hall–Kier alpha value is -3.02. The highest BCUT2D eigenvalue weighted by atomic mass is 16.5. The van der Waals surface area contributed by atoms with Crippen LogP contribution in [0.25, 0.3) is 0 Å². The highest BCUT2D eigenvalue weighted by molar-refractivity contribution is 5.92. The lowest BCUT2D eigenvalue weighted by molar-refractivity contribution is -0.119. The average molecular weight is 397 g/mol. The van der Waals surface area contributed by atoms with Crippen molar-refractivity contribution in [1.82, 2.24) is 10.6 Å². The van der Waals surface area contributed by atoms with Gasteiger partial charge in [0.2, 0.25) is 5.91 Å². The van der Waals surface area contributed by atoms with E-state index < -0.39 is 0 Å². The minimum absolute atomic E-state index is 0.00132. The molecule has 6 heteroatoms. The van der Waals surface area contributed by atoms with Crippen LogP contribution in [-0.4, -0.2) is 26.0 Å². The Morgan fingerprint density at radius 3 is 2.59 bits per heavy atom. The van der Waals surface area contributed by atoms with E-state index in [1.54, 1.807) is 14.2 Å². The topological polar surface area (TPSA) is 74.8 Å². The van der Waals surface area contributed by atoms with Crippen LogP contribution >= 0.6 is 0 Å². The van der Waals surface area contributed by atoms with Gasteiger partial charge >= 0.3 is 0 Å². The SMILES string of the molecule is CCC(C)C(=O)Nc1cccc(CNC(=NC)NCc2ccc(C)cc2OC)c1. The fourth-order valence-electron chi connectivity index (χ4n) is 2.79. The van der Waals surface area contributed by atoms with E-state index in [4.69, 9.17) is 4.74 Å². The first kappa shape index (κ1) is 22.3. The van der Waals surface area contributed by atoms with Gasteiger partial charge in [-0.25, -0.2) is 0 Å². The summed E-state index contributed by atoms with van der Waals surface area (Å²) in [6.07, 6.45) is 0.820. The van der Waals surface area contributed by atoms with Crippen molar-refractivity contribution >= 4 is 17.6 Å². The number of anilines is 1. The van der Waals surface area contributed by atoms with Gasteiger partial charge in [0.25, 0.3) is 0 Å². The predicted molar refractivity (Wildman–Crippen MR) is 119 cm³/mol. The normalized spacial score (nSPS) is 12.2. The second kappa shape index (κ2) is 11.1. The lowest BCUT2D eigenvalue weighted by Crippen LogP contribution is -2.36. The molecule has 1 amide bonds. The maximum atomic E-state index is 12.1. The van der Waals surface area contributed by atoms with E-state index in [1.807, 2.05) is 51.1 Å². The third-order valence-electron chi connectivity index (χ3n) is 4.83. The summed E-state index contributed by atoms with van der Waals surface area (Å²) in [5, 5.41) is 9.59. The fourth-order valence-corrected chi connectivity index (χ4v) is 2.79. The molecule has 0 aliphatic rings. The Kier molecular flexibility index (Phi) is 8.52. The van der Waals surface area contributed by atoms with Crippen LogP contribution in [0.3, 0.4) is 0 Å². The van der Waals surface area contributed by atoms with Gasteiger partial charge in [0, 0.05) is 37.3 Å². The van der Waals surface area contributed by atoms with Crippen molar-refractivity contribution in [2.24, 2.45) is 10.9 Å². The van der Waals surface area contributed by atoms with Gasteiger partial charge in [-0.3, -0.25) is 9.79 Å². The summed E-state index contributed by atoms with van der Waals surface area (Å²) >= 11 is 0. The molecule has 2 aromatic carbocycles. The van der Waals surface area contributed by atoms with Crippen LogP contribution in [0.4, 0.5) is 5.69 Å². The third-order valence-corrected chi connectivity index (χ3v) is 4.83. The molecule has 0 aromatic heterocycles. The number of nitrogens with one attached hydrogen (secondary N) is 3. The summed E-state index contributed by atoms with van der Waals surface area (Å²) in [4.78, 5) is 16.4. The first-order valence-electron chi connectivity index (χ1n) is 9.94. The second-order valence-corrected chi connectivity index (χ2v) is 7.09. The van der Waals surface area contributed by atoms with E-state index in [9.17, 15) is 4.79 Å². The van der Waals surface area contributed by atoms with Crippen LogP contribution < -0.4 is 20.7 Å². The number of guanidine groups is 1. The standard InChI is InChI=1S/C23H32N4O2/c1-6-17(3)22(28)27-20-9-7-8-18(13-20)14-25-23(24-4)26-15-19-11-10-16(2)12-21(19)29-5/h7-13,17H,6,14-15H2,1-5H3,(H,27,28)(H2,24,25,26). The Balaban J connectivity index is 1.92. The molecule has 0 saturated carbocycles. The van der Waals surface area contributed by atoms with Crippen molar-refractivity contribution in [1.29, 1.82) is 0 Å². The number of amides is 1. The molecule has 6 nitrogen and oxygen atoms in total. The zero-order chi connectivity index (χ0) is 21.2. The summed E-state index contributed by atoms with van der Waals surface area (Å²) in [5.41, 5.74) is 4.09. The molecule has 1 atom stereocenters. The van der Waals surface area contributed by atoms with Crippen molar-refractivity contribution in [2.75, 3.05) is 19.5 Å². The van der Waals surface area contributed by atoms with Gasteiger partial charge in [0.05, 0.1) is 7.11 Å². The third kappa shape index (κ3) is 6.82. The molecule has 0 bridgehead atoms. The molecule has 3 N–H and O–H groups in total. The number of benzene rings is 2. The van der Waals surface area contributed by atoms with Gasteiger partial charge in [-0.15, -0.1) is 0 Å². The minimum atomic E-state index is -0.00132. The lowest BCUT2D eigenvalue weighted by Gasteiger charge is -2.15. The number of hydrogen-bond acceptors (Lipinski definition) is 3. The second-order valence-electron chi connectivity index (χ2n) is 7.09. The van der Waals surface area contributed by atoms with Crippen molar-refractivity contribution in [3.05, 3.63) is 59.2 Å². The van der Waals surface area contributed by atoms with Gasteiger partial charge in [-0.1, -0.05) is 38.1 Å². The molecular formula is C23H32N4O2. The molecule has 2 rings (SSSR count). The monoisotopic (exact) mass is 396 g/mol. The zero-order valence-electron chi connectivity index (χ0n) is 18.0. The Labute approximate surface area is 173 Å². The largest absolute Gasteiger partial charge is 0.496 e. The summed E-state index contributed by atoms with van der Waals surface area (Å²) in [6, 6.07) is 14.0. The van der Waals surface area contributed by atoms with E-state index in [2.05, 4.69) is 33.1 Å². The van der Waals surface area contributed by atoms with Crippen molar-refractivity contribution in [3.8, 4) is 5.75 Å². The maximum absolute atomic E-state index is 12.1. The molecule has 0 fully saturated rings. The van der Waals surface area contributed by atoms with E-state index in [0.29, 0.717) is 19.0 Å². The van der Waals surface area contributed by atoms with Gasteiger partial charge < -0.3 is 20.7 Å². The number of carbonyl (C=O) groups is 1. The smallest absolute Gasteiger partial charge is 0.227 e. The van der Waals surface area contributed by atoms with Crippen LogP contribution in [0.15, 0.2) is 47.5 Å². The average Bonchev–Trinajstić information content (AvgIpc) is 2.74. The Morgan fingerprint density at radius 1 is 1.14 bits per heavy atom. The molecule has 1 unspecified atom stereocenters. The summed E-state index contributed by atoms with van der Waals surface area (Å²) < 4.78 is 5.46. The first-order valence-corrected chi connectivity index (χ1v) is 9.94. The van der Waals surface area contributed by atoms with Crippen molar-refractivity contribution in [3.63, 3.8) is 0 Å². The van der Waals surface area contributed by atoms with Crippen molar-refractivity contribution < 1.29 is 9.53 Å². The number of methoxy groups -OCH3 is 1. The molecular weight excluding hydrogens is 364 g/mol. The molecule has 0 aliphatic heterocycles. The van der Waals surface area contributed by atoms with E-state index in [0.717, 1.165) is 34.5 Å². The number of aryl methyl sites for hydroxylation is 1. The van der Waals surface area contributed by atoms with Gasteiger partial charge in [0.15, 0.2) is 5.96 Å². The summed E-state index contributed by atoms with van der Waals surface area (Å²) in [5.74, 6) is 1.60. The number of aliphatic imine (C=N–C) groups is 1. The van der Waals surface area contributed by atoms with Crippen LogP contribution in [0.1, 0.15) is 37.0 Å². The number of nitrogens with zero attached hydrogens (tertiary/aromatic N) is 1. The van der Waals surface area contributed by atoms with E-state index in [-0.39, 0.29) is 11.8 Å². The highest BCUT2D eigenvalue weighted by Crippen LogP contribution is 2.19. The zero-order valence-corrected chi connectivity index (χ0v) is 18.0.